The molecule has 1 aromatic rings. The van der Waals surface area contributed by atoms with E-state index in [0.717, 1.165) is 15.9 Å². The summed E-state index contributed by atoms with van der Waals surface area (Å²) in [6, 6.07) is 3.88. The van der Waals surface area contributed by atoms with Crippen LogP contribution in [0.5, 0.6) is 0 Å². The Kier molecular flexibility index (Phi) is 3.44. The van der Waals surface area contributed by atoms with Crippen LogP contribution in [-0.2, 0) is 9.53 Å². The van der Waals surface area contributed by atoms with E-state index < -0.39 is 0 Å². The van der Waals surface area contributed by atoms with Crippen LogP contribution >= 0.6 is 22.6 Å². The summed E-state index contributed by atoms with van der Waals surface area (Å²) in [5.41, 5.74) is 0.888. The molecule has 0 aliphatic carbocycles. The Bertz CT molecular complexity index is 416. The van der Waals surface area contributed by atoms with Crippen LogP contribution in [0, 0.1) is 9.49 Å². The second-order valence-corrected chi connectivity index (χ2v) is 5.19. The van der Waals surface area contributed by atoms with E-state index in [4.69, 9.17) is 4.74 Å². The van der Waals surface area contributed by atoms with Gasteiger partial charge in [-0.25, -0.2) is 4.98 Å². The minimum Gasteiger partial charge on any atom is -0.366 e. The van der Waals surface area contributed by atoms with Crippen LogP contribution < -0.4 is 5.32 Å². The van der Waals surface area contributed by atoms with Crippen LogP contribution in [0.25, 0.3) is 0 Å². The van der Waals surface area contributed by atoms with Crippen LogP contribution in [0.1, 0.15) is 25.6 Å². The lowest BCUT2D eigenvalue weighted by atomic mass is 10.2. The summed E-state index contributed by atoms with van der Waals surface area (Å²) in [6.45, 7) is 4.44. The predicted octanol–water partition coefficient (Wildman–Crippen LogP) is 2.35. The third-order valence-corrected chi connectivity index (χ3v) is 3.17. The zero-order valence-electron chi connectivity index (χ0n) is 9.16. The van der Waals surface area contributed by atoms with Crippen molar-refractivity contribution in [1.82, 2.24) is 4.98 Å². The standard InChI is InChI=1S/C11H13IN2O2/c1-6(2)11(15)14-10-7(12)3-4-8(13-10)9-5-16-9/h3-4,6,9H,5H2,1-2H3,(H,13,14,15)/t9-/m0/s1. The van der Waals surface area contributed by atoms with Gasteiger partial charge in [-0.2, -0.15) is 0 Å². The molecule has 0 saturated carbocycles. The molecule has 1 saturated heterocycles. The Balaban J connectivity index is 2.18. The number of anilines is 1. The van der Waals surface area contributed by atoms with Gasteiger partial charge < -0.3 is 10.1 Å². The van der Waals surface area contributed by atoms with E-state index >= 15 is 0 Å². The fraction of sp³-hybridized carbons (Fsp3) is 0.455. The van der Waals surface area contributed by atoms with Crippen LogP contribution in [0.2, 0.25) is 0 Å². The van der Waals surface area contributed by atoms with Crippen LogP contribution in [0.15, 0.2) is 12.1 Å². The van der Waals surface area contributed by atoms with Crippen molar-refractivity contribution in [2.24, 2.45) is 5.92 Å². The zero-order valence-corrected chi connectivity index (χ0v) is 11.3. The smallest absolute Gasteiger partial charge is 0.228 e. The summed E-state index contributed by atoms with van der Waals surface area (Å²) in [6.07, 6.45) is 0.117. The molecule has 2 heterocycles. The maximum absolute atomic E-state index is 11.6. The van der Waals surface area contributed by atoms with Gasteiger partial charge in [-0.3, -0.25) is 4.79 Å². The first-order valence-corrected chi connectivity index (χ1v) is 6.24. The number of hydrogen-bond donors (Lipinski definition) is 1. The quantitative estimate of drug-likeness (QED) is 0.683. The van der Waals surface area contributed by atoms with E-state index in [0.29, 0.717) is 5.82 Å². The third-order valence-electron chi connectivity index (χ3n) is 2.30. The number of epoxide rings is 1. The molecule has 1 aliphatic heterocycles. The highest BCUT2D eigenvalue weighted by molar-refractivity contribution is 14.1. The van der Waals surface area contributed by atoms with Crippen molar-refractivity contribution < 1.29 is 9.53 Å². The molecule has 0 bridgehead atoms. The summed E-state index contributed by atoms with van der Waals surface area (Å²) >= 11 is 2.16. The maximum atomic E-state index is 11.6. The third kappa shape index (κ3) is 2.70. The number of pyridine rings is 1. The van der Waals surface area contributed by atoms with E-state index in [1.54, 1.807) is 0 Å². The van der Waals surface area contributed by atoms with Crippen molar-refractivity contribution >= 4 is 34.3 Å². The number of carbonyl (C=O) groups excluding carboxylic acids is 1. The molecule has 0 unspecified atom stereocenters. The van der Waals surface area contributed by atoms with Crippen LogP contribution in [0.4, 0.5) is 5.82 Å². The number of rotatable bonds is 3. The highest BCUT2D eigenvalue weighted by Gasteiger charge is 2.27. The number of carbonyl (C=O) groups is 1. The Morgan fingerprint density at radius 2 is 2.31 bits per heavy atom. The minimum atomic E-state index is -0.0431. The van der Waals surface area contributed by atoms with Gasteiger partial charge >= 0.3 is 0 Å². The predicted molar refractivity (Wildman–Crippen MR) is 69.1 cm³/mol. The van der Waals surface area contributed by atoms with Gasteiger partial charge in [0, 0.05) is 5.92 Å². The molecule has 5 heteroatoms. The molecule has 2 rings (SSSR count). The number of nitrogens with one attached hydrogen (secondary N) is 1. The Morgan fingerprint density at radius 3 is 2.88 bits per heavy atom. The maximum Gasteiger partial charge on any atom is 0.228 e. The van der Waals surface area contributed by atoms with Gasteiger partial charge in [0.15, 0.2) is 0 Å². The number of aromatic nitrogens is 1. The number of hydrogen-bond acceptors (Lipinski definition) is 3. The molecular weight excluding hydrogens is 319 g/mol. The first-order valence-electron chi connectivity index (χ1n) is 5.17. The number of nitrogens with zero attached hydrogens (tertiary/aromatic N) is 1. The lowest BCUT2D eigenvalue weighted by Gasteiger charge is -2.09. The van der Waals surface area contributed by atoms with Crippen molar-refractivity contribution in [3.05, 3.63) is 21.4 Å². The molecule has 1 atom stereocenters. The van der Waals surface area contributed by atoms with Crippen molar-refractivity contribution in [3.8, 4) is 0 Å². The first kappa shape index (κ1) is 11.8. The fourth-order valence-electron chi connectivity index (χ4n) is 1.20. The lowest BCUT2D eigenvalue weighted by molar-refractivity contribution is -0.118. The molecule has 1 fully saturated rings. The van der Waals surface area contributed by atoms with Gasteiger partial charge in [-0.1, -0.05) is 13.8 Å². The average molecular weight is 332 g/mol. The molecule has 16 heavy (non-hydrogen) atoms. The largest absolute Gasteiger partial charge is 0.366 e. The normalized spacial score (nSPS) is 18.6. The summed E-state index contributed by atoms with van der Waals surface area (Å²) in [4.78, 5) is 16.0. The molecule has 1 N–H and O–H groups in total. The van der Waals surface area contributed by atoms with Gasteiger partial charge in [0.2, 0.25) is 5.91 Å². The van der Waals surface area contributed by atoms with Gasteiger partial charge in [0.1, 0.15) is 11.9 Å². The molecule has 86 valence electrons. The average Bonchev–Trinajstić information content (AvgIpc) is 3.04. The fourth-order valence-corrected chi connectivity index (χ4v) is 1.64. The number of halogens is 1. The van der Waals surface area contributed by atoms with E-state index in [1.807, 2.05) is 26.0 Å². The Morgan fingerprint density at radius 1 is 1.62 bits per heavy atom. The Labute approximate surface area is 108 Å². The SMILES string of the molecule is CC(C)C(=O)Nc1nc([C@@H]2CO2)ccc1I. The van der Waals surface area contributed by atoms with E-state index in [1.165, 1.54) is 0 Å². The van der Waals surface area contributed by atoms with E-state index in [2.05, 4.69) is 32.9 Å². The van der Waals surface area contributed by atoms with Crippen molar-refractivity contribution in [3.63, 3.8) is 0 Å². The molecule has 0 radical (unpaired) electrons. The van der Waals surface area contributed by atoms with E-state index in [-0.39, 0.29) is 17.9 Å². The molecule has 1 aromatic heterocycles. The summed E-state index contributed by atoms with van der Waals surface area (Å²) in [7, 11) is 0. The second kappa shape index (κ2) is 4.67. The highest BCUT2D eigenvalue weighted by atomic mass is 127. The summed E-state index contributed by atoms with van der Waals surface area (Å²) in [5, 5.41) is 2.82. The van der Waals surface area contributed by atoms with Crippen molar-refractivity contribution in [2.45, 2.75) is 20.0 Å². The molecular formula is C11H13IN2O2. The molecule has 1 aliphatic rings. The summed E-state index contributed by atoms with van der Waals surface area (Å²) in [5.74, 6) is 0.574. The van der Waals surface area contributed by atoms with Gasteiger partial charge in [0.05, 0.1) is 15.9 Å². The molecule has 4 nitrogen and oxygen atoms in total. The minimum absolute atomic E-state index is 0.0146. The Hall–Kier alpha value is -0.690. The molecule has 0 aromatic carbocycles. The van der Waals surface area contributed by atoms with Crippen LogP contribution in [0.3, 0.4) is 0 Å². The highest BCUT2D eigenvalue weighted by Crippen LogP contribution is 2.30. The summed E-state index contributed by atoms with van der Waals surface area (Å²) < 4.78 is 6.10. The van der Waals surface area contributed by atoms with Gasteiger partial charge in [-0.05, 0) is 34.7 Å². The van der Waals surface area contributed by atoms with Crippen molar-refractivity contribution in [2.75, 3.05) is 11.9 Å². The number of amides is 1. The van der Waals surface area contributed by atoms with Crippen molar-refractivity contribution in [1.29, 1.82) is 0 Å². The first-order chi connectivity index (χ1) is 7.58. The topological polar surface area (TPSA) is 54.5 Å². The molecule has 1 amide bonds. The number of ether oxygens (including phenoxy) is 1. The lowest BCUT2D eigenvalue weighted by Crippen LogP contribution is -2.19. The molecule has 0 spiro atoms. The monoisotopic (exact) mass is 332 g/mol. The van der Waals surface area contributed by atoms with E-state index in [9.17, 15) is 4.79 Å². The van der Waals surface area contributed by atoms with Gasteiger partial charge in [-0.15, -0.1) is 0 Å². The zero-order chi connectivity index (χ0) is 11.7. The second-order valence-electron chi connectivity index (χ2n) is 4.03. The van der Waals surface area contributed by atoms with Gasteiger partial charge in [0.25, 0.3) is 0 Å². The van der Waals surface area contributed by atoms with Crippen LogP contribution in [-0.4, -0.2) is 17.5 Å².